The summed E-state index contributed by atoms with van der Waals surface area (Å²) in [6.45, 7) is 0.706. The van der Waals surface area contributed by atoms with Gasteiger partial charge in [0.1, 0.15) is 11.5 Å². The van der Waals surface area contributed by atoms with E-state index in [1.54, 1.807) is 30.3 Å². The van der Waals surface area contributed by atoms with Crippen molar-refractivity contribution in [2.45, 2.75) is 19.2 Å². The summed E-state index contributed by atoms with van der Waals surface area (Å²) >= 11 is 0. The Morgan fingerprint density at radius 2 is 1.86 bits per heavy atom. The number of carboxylic acids is 1. The molecule has 2 N–H and O–H groups in total. The molecule has 2 aromatic heterocycles. The third-order valence-corrected chi connectivity index (χ3v) is 5.42. The highest BCUT2D eigenvalue weighted by molar-refractivity contribution is 5.88. The number of fused-ring (bicyclic) bond motifs is 1. The second-order valence-corrected chi connectivity index (χ2v) is 8.15. The Kier molecular flexibility index (Phi) is 7.46. The minimum atomic E-state index is -4.80. The number of carbonyl (C=O) groups is 1. The largest absolute Gasteiger partial charge is 0.573 e. The van der Waals surface area contributed by atoms with Crippen molar-refractivity contribution in [1.82, 2.24) is 15.0 Å². The number of nitrogens with zero attached hydrogens (tertiary/aromatic N) is 3. The fraction of sp³-hybridized carbons (Fsp3) is 0.240. The van der Waals surface area contributed by atoms with Gasteiger partial charge in [-0.05, 0) is 54.4 Å². The lowest BCUT2D eigenvalue weighted by atomic mass is 10.1. The maximum Gasteiger partial charge on any atom is 0.573 e. The van der Waals surface area contributed by atoms with Crippen molar-refractivity contribution in [3.05, 3.63) is 66.2 Å². The minimum absolute atomic E-state index is 0.0349. The number of alkyl halides is 3. The second-order valence-electron chi connectivity index (χ2n) is 8.15. The maximum atomic E-state index is 14.4. The Balaban J connectivity index is 1.36. The first-order valence-corrected chi connectivity index (χ1v) is 11.1. The number of ether oxygens (including phenoxy) is 2. The van der Waals surface area contributed by atoms with Gasteiger partial charge in [0, 0.05) is 36.3 Å². The second kappa shape index (κ2) is 10.7. The van der Waals surface area contributed by atoms with Crippen LogP contribution in [-0.4, -0.2) is 52.6 Å². The molecule has 0 fully saturated rings. The average Bonchev–Trinajstić information content (AvgIpc) is 3.23. The Morgan fingerprint density at radius 3 is 2.57 bits per heavy atom. The normalized spacial score (nSPS) is 11.5. The number of hydrogen-bond acceptors (Lipinski definition) is 6. The molecule has 194 valence electrons. The number of hydrogen-bond donors (Lipinski definition) is 2. The summed E-state index contributed by atoms with van der Waals surface area (Å²) in [6.07, 6.45) is -1.72. The summed E-state index contributed by atoms with van der Waals surface area (Å²) < 4.78 is 61.1. The van der Waals surface area contributed by atoms with E-state index in [2.05, 4.69) is 19.7 Å². The van der Waals surface area contributed by atoms with E-state index in [-0.39, 0.29) is 23.8 Å². The van der Waals surface area contributed by atoms with Crippen molar-refractivity contribution in [3.8, 4) is 22.9 Å². The van der Waals surface area contributed by atoms with Crippen molar-refractivity contribution in [1.29, 1.82) is 0 Å². The molecule has 0 amide bonds. The number of carboxylic acid groups (broad SMARTS) is 1. The van der Waals surface area contributed by atoms with Crippen LogP contribution in [0.1, 0.15) is 12.0 Å². The predicted molar refractivity (Wildman–Crippen MR) is 127 cm³/mol. The van der Waals surface area contributed by atoms with Crippen molar-refractivity contribution >= 4 is 22.7 Å². The van der Waals surface area contributed by atoms with Crippen LogP contribution in [0.2, 0.25) is 0 Å². The van der Waals surface area contributed by atoms with Crippen LogP contribution >= 0.6 is 0 Å². The summed E-state index contributed by atoms with van der Waals surface area (Å²) in [4.78, 5) is 23.8. The van der Waals surface area contributed by atoms with Crippen molar-refractivity contribution in [3.63, 3.8) is 0 Å². The van der Waals surface area contributed by atoms with E-state index < -0.39 is 18.1 Å². The standard InChI is InChI=1S/C25H22F4N4O4/c1-33(9-2-10-36-18-7-8-21-19(12-18)16(13-30-21)11-22(34)35)24-20(26)14-31-23(32-24)15-3-5-17(6-4-15)37-25(27,28)29/h3-8,12-14,30H,2,9-11H2,1H3,(H,34,35). The fourth-order valence-electron chi connectivity index (χ4n) is 3.72. The molecule has 4 aromatic rings. The Bertz CT molecular complexity index is 1390. The van der Waals surface area contributed by atoms with Crippen LogP contribution in [0.5, 0.6) is 11.5 Å². The van der Waals surface area contributed by atoms with Gasteiger partial charge in [0.25, 0.3) is 0 Å². The molecule has 0 saturated carbocycles. The van der Waals surface area contributed by atoms with Crippen LogP contribution in [0.3, 0.4) is 0 Å². The molecule has 12 heteroatoms. The molecule has 0 spiro atoms. The number of rotatable bonds is 10. The van der Waals surface area contributed by atoms with Gasteiger partial charge in [0.05, 0.1) is 19.2 Å². The summed E-state index contributed by atoms with van der Waals surface area (Å²) in [6, 6.07) is 10.3. The van der Waals surface area contributed by atoms with Crippen LogP contribution < -0.4 is 14.4 Å². The summed E-state index contributed by atoms with van der Waals surface area (Å²) in [5.41, 5.74) is 1.86. The molecule has 0 aliphatic carbocycles. The van der Waals surface area contributed by atoms with E-state index in [4.69, 9.17) is 9.84 Å². The first-order chi connectivity index (χ1) is 17.6. The average molecular weight is 518 g/mol. The van der Waals surface area contributed by atoms with Crippen molar-refractivity contribution in [2.75, 3.05) is 25.1 Å². The fourth-order valence-corrected chi connectivity index (χ4v) is 3.72. The molecule has 0 atom stereocenters. The van der Waals surface area contributed by atoms with E-state index in [1.807, 2.05) is 6.07 Å². The van der Waals surface area contributed by atoms with Gasteiger partial charge in [-0.2, -0.15) is 0 Å². The lowest BCUT2D eigenvalue weighted by Gasteiger charge is -2.19. The molecule has 0 unspecified atom stereocenters. The molecule has 0 bridgehead atoms. The number of nitrogens with one attached hydrogen (secondary N) is 1. The number of anilines is 1. The van der Waals surface area contributed by atoms with Crippen LogP contribution in [-0.2, 0) is 11.2 Å². The minimum Gasteiger partial charge on any atom is -0.494 e. The van der Waals surface area contributed by atoms with E-state index in [0.717, 1.165) is 29.2 Å². The highest BCUT2D eigenvalue weighted by Crippen LogP contribution is 2.27. The first-order valence-electron chi connectivity index (χ1n) is 11.1. The van der Waals surface area contributed by atoms with Crippen molar-refractivity contribution < 1.29 is 36.9 Å². The van der Waals surface area contributed by atoms with Gasteiger partial charge in [0.15, 0.2) is 17.5 Å². The maximum absolute atomic E-state index is 14.4. The molecule has 0 radical (unpaired) electrons. The van der Waals surface area contributed by atoms with E-state index >= 15 is 0 Å². The zero-order valence-electron chi connectivity index (χ0n) is 19.6. The molecular formula is C25H22F4N4O4. The van der Waals surface area contributed by atoms with E-state index in [9.17, 15) is 22.4 Å². The lowest BCUT2D eigenvalue weighted by molar-refractivity contribution is -0.274. The smallest absolute Gasteiger partial charge is 0.494 e. The first kappa shape index (κ1) is 25.7. The third-order valence-electron chi connectivity index (χ3n) is 5.42. The van der Waals surface area contributed by atoms with E-state index in [1.165, 1.54) is 12.1 Å². The molecule has 8 nitrogen and oxygen atoms in total. The summed E-state index contributed by atoms with van der Waals surface area (Å²) in [5, 5.41) is 9.82. The lowest BCUT2D eigenvalue weighted by Crippen LogP contribution is -2.23. The molecule has 4 rings (SSSR count). The van der Waals surface area contributed by atoms with E-state index in [0.29, 0.717) is 36.4 Å². The predicted octanol–water partition coefficient (Wildman–Crippen LogP) is 5.20. The molecule has 2 heterocycles. The highest BCUT2D eigenvalue weighted by Gasteiger charge is 2.31. The van der Waals surface area contributed by atoms with Gasteiger partial charge in [-0.1, -0.05) is 0 Å². The number of H-pyrrole nitrogens is 1. The van der Waals surface area contributed by atoms with Gasteiger partial charge in [-0.15, -0.1) is 13.2 Å². The Labute approximate surface area is 208 Å². The molecule has 0 aliphatic heterocycles. The third kappa shape index (κ3) is 6.66. The van der Waals surface area contributed by atoms with Crippen LogP contribution in [0, 0.1) is 5.82 Å². The van der Waals surface area contributed by atoms with Crippen LogP contribution in [0.4, 0.5) is 23.4 Å². The van der Waals surface area contributed by atoms with Gasteiger partial charge in [-0.3, -0.25) is 4.79 Å². The zero-order chi connectivity index (χ0) is 26.6. The highest BCUT2D eigenvalue weighted by atomic mass is 19.4. The number of halogens is 4. The summed E-state index contributed by atoms with van der Waals surface area (Å²) in [7, 11) is 1.65. The number of aliphatic carboxylic acids is 1. The van der Waals surface area contributed by atoms with Crippen LogP contribution in [0.15, 0.2) is 54.9 Å². The molecule has 2 aromatic carbocycles. The van der Waals surface area contributed by atoms with Gasteiger partial charge >= 0.3 is 12.3 Å². The van der Waals surface area contributed by atoms with Gasteiger partial charge in [0.2, 0.25) is 0 Å². The number of aromatic nitrogens is 3. The molecule has 0 saturated heterocycles. The monoisotopic (exact) mass is 518 g/mol. The molecule has 0 aliphatic rings. The van der Waals surface area contributed by atoms with Gasteiger partial charge in [-0.25, -0.2) is 14.4 Å². The van der Waals surface area contributed by atoms with Gasteiger partial charge < -0.3 is 24.5 Å². The number of benzene rings is 2. The Hall–Kier alpha value is -4.35. The topological polar surface area (TPSA) is 101 Å². The molecule has 37 heavy (non-hydrogen) atoms. The van der Waals surface area contributed by atoms with Crippen molar-refractivity contribution in [2.24, 2.45) is 0 Å². The Morgan fingerprint density at radius 1 is 1.14 bits per heavy atom. The molecular weight excluding hydrogens is 496 g/mol. The summed E-state index contributed by atoms with van der Waals surface area (Å²) in [5.74, 6) is -1.20. The quantitative estimate of drug-likeness (QED) is 0.220. The number of aromatic amines is 1. The zero-order valence-corrected chi connectivity index (χ0v) is 19.6. The van der Waals surface area contributed by atoms with Crippen LogP contribution in [0.25, 0.3) is 22.3 Å². The SMILES string of the molecule is CN(CCCOc1ccc2[nH]cc(CC(=O)O)c2c1)c1nc(-c2ccc(OC(F)(F)F)cc2)ncc1F.